The Balaban J connectivity index is 1.22. The maximum absolute atomic E-state index is 14.1. The van der Waals surface area contributed by atoms with Crippen LogP contribution in [0.1, 0.15) is 24.1 Å². The fourth-order valence-electron chi connectivity index (χ4n) is 3.96. The van der Waals surface area contributed by atoms with Crippen LogP contribution in [0.3, 0.4) is 0 Å². The number of aromatic amines is 1. The first-order valence-corrected chi connectivity index (χ1v) is 12.3. The highest BCUT2D eigenvalue weighted by molar-refractivity contribution is 5.92. The molecule has 40 heavy (non-hydrogen) atoms. The van der Waals surface area contributed by atoms with Crippen molar-refractivity contribution in [3.8, 4) is 17.0 Å². The lowest BCUT2D eigenvalue weighted by atomic mass is 10.1. The molecule has 0 spiro atoms. The lowest BCUT2D eigenvalue weighted by Gasteiger charge is -2.15. The van der Waals surface area contributed by atoms with Crippen LogP contribution in [-0.4, -0.2) is 39.0 Å². The molecule has 1 amide bonds. The van der Waals surface area contributed by atoms with Crippen molar-refractivity contribution in [2.45, 2.75) is 32.2 Å². The number of nitrogens with one attached hydrogen (secondary N) is 2. The smallest absolute Gasteiger partial charge is 0.406 e. The maximum Gasteiger partial charge on any atom is 0.573 e. The lowest BCUT2D eigenvalue weighted by Crippen LogP contribution is -2.33. The Morgan fingerprint density at radius 3 is 2.65 bits per heavy atom. The number of rotatable bonds is 11. The molecule has 0 unspecified atom stereocenters. The zero-order chi connectivity index (χ0) is 28.7. The van der Waals surface area contributed by atoms with Gasteiger partial charge in [-0.3, -0.25) is 4.79 Å². The van der Waals surface area contributed by atoms with Crippen LogP contribution in [0.15, 0.2) is 72.6 Å². The van der Waals surface area contributed by atoms with Crippen LogP contribution in [0, 0.1) is 5.82 Å². The second kappa shape index (κ2) is 12.5. The number of hydrogen-bond donors (Lipinski definition) is 4. The maximum atomic E-state index is 14.1. The number of nitrogens with zero attached hydrogens (tertiary/aromatic N) is 3. The summed E-state index contributed by atoms with van der Waals surface area (Å²) < 4.78 is 55.1. The molecule has 0 saturated carbocycles. The first-order valence-electron chi connectivity index (χ1n) is 12.3. The monoisotopic (exact) mass is 557 g/mol. The number of unbranched alkanes of at least 4 members (excludes halogenated alkanes) is 1. The largest absolute Gasteiger partial charge is 0.573 e. The summed E-state index contributed by atoms with van der Waals surface area (Å²) in [6.45, 7) is 0.351. The van der Waals surface area contributed by atoms with Gasteiger partial charge in [0.05, 0.1) is 11.4 Å². The van der Waals surface area contributed by atoms with E-state index in [0.717, 1.165) is 23.6 Å². The molecular formula is C27H27F4N7O2. The van der Waals surface area contributed by atoms with Gasteiger partial charge in [0.2, 0.25) is 0 Å². The summed E-state index contributed by atoms with van der Waals surface area (Å²) in [4.78, 5) is 15.3. The fourth-order valence-corrected chi connectivity index (χ4v) is 3.96. The van der Waals surface area contributed by atoms with Crippen molar-refractivity contribution in [2.75, 3.05) is 6.54 Å². The fraction of sp³-hybridized carbons (Fsp3) is 0.222. The Morgan fingerprint density at radius 1 is 1.07 bits per heavy atom. The molecule has 0 radical (unpaired) electrons. The van der Waals surface area contributed by atoms with Crippen molar-refractivity contribution in [2.24, 2.45) is 11.6 Å². The second-order valence-electron chi connectivity index (χ2n) is 8.96. The van der Waals surface area contributed by atoms with Gasteiger partial charge in [-0.1, -0.05) is 24.3 Å². The number of amides is 1. The Bertz CT molecular complexity index is 1500. The standard InChI is InChI=1S/C27H27F4N7O2/c28-22-10-2-1-9-21(22)24-14-18-13-19(36-37-25(18)35-24)7-3-4-11-38(33)16-23(32)26(39)34-15-17-6-5-8-20(12-17)40-27(29,30)31/h1-2,5-6,8-10,12-14,16H,3-4,7,11,15,32-33H2,(H,34,39)(H,35,37)/b23-16-. The number of H-pyrrole nitrogens is 1. The molecule has 4 aromatic rings. The number of aromatic nitrogens is 3. The summed E-state index contributed by atoms with van der Waals surface area (Å²) in [5.74, 6) is 4.60. The highest BCUT2D eigenvalue weighted by Crippen LogP contribution is 2.26. The van der Waals surface area contributed by atoms with Crippen molar-refractivity contribution in [3.63, 3.8) is 0 Å². The van der Waals surface area contributed by atoms with E-state index in [9.17, 15) is 22.4 Å². The first kappa shape index (κ1) is 28.4. The quantitative estimate of drug-likeness (QED) is 0.0711. The van der Waals surface area contributed by atoms with E-state index >= 15 is 0 Å². The number of ether oxygens (including phenoxy) is 1. The van der Waals surface area contributed by atoms with E-state index in [0.29, 0.717) is 41.9 Å². The molecule has 0 bridgehead atoms. The number of fused-ring (bicyclic) bond motifs is 1. The van der Waals surface area contributed by atoms with Gasteiger partial charge < -0.3 is 25.8 Å². The Labute approximate surface area is 226 Å². The van der Waals surface area contributed by atoms with Gasteiger partial charge in [-0.25, -0.2) is 10.2 Å². The topological polar surface area (TPSA) is 135 Å². The van der Waals surface area contributed by atoms with Gasteiger partial charge in [0.25, 0.3) is 5.91 Å². The van der Waals surface area contributed by atoms with Crippen LogP contribution >= 0.6 is 0 Å². The van der Waals surface area contributed by atoms with Gasteiger partial charge in [0, 0.05) is 30.2 Å². The Hall–Kier alpha value is -4.65. The molecule has 9 nitrogen and oxygen atoms in total. The minimum Gasteiger partial charge on any atom is -0.406 e. The van der Waals surface area contributed by atoms with E-state index in [4.69, 9.17) is 11.6 Å². The zero-order valence-electron chi connectivity index (χ0n) is 21.2. The number of nitrogens with two attached hydrogens (primary N) is 2. The SMILES string of the molecule is N/C(=C\N(N)CCCCc1cc2cc(-c3ccccc3F)[nH]c2nn1)C(=O)NCc1cccc(OC(F)(F)F)c1. The average molecular weight is 558 g/mol. The van der Waals surface area contributed by atoms with Crippen molar-refractivity contribution in [1.29, 1.82) is 0 Å². The van der Waals surface area contributed by atoms with Crippen molar-refractivity contribution < 1.29 is 27.1 Å². The summed E-state index contributed by atoms with van der Waals surface area (Å²) in [5, 5.41) is 13.1. The summed E-state index contributed by atoms with van der Waals surface area (Å²) >= 11 is 0. The predicted molar refractivity (Wildman–Crippen MR) is 140 cm³/mol. The van der Waals surface area contributed by atoms with E-state index in [2.05, 4.69) is 25.2 Å². The number of aryl methyl sites for hydroxylation is 1. The minimum atomic E-state index is -4.81. The number of carbonyl (C=O) groups is 1. The van der Waals surface area contributed by atoms with Crippen molar-refractivity contribution in [3.05, 3.63) is 89.6 Å². The molecule has 6 N–H and O–H groups in total. The Morgan fingerprint density at radius 2 is 1.88 bits per heavy atom. The number of hydrogen-bond acceptors (Lipinski definition) is 7. The molecule has 2 heterocycles. The number of benzene rings is 2. The number of halogens is 4. The van der Waals surface area contributed by atoms with Gasteiger partial charge in [-0.2, -0.15) is 5.10 Å². The van der Waals surface area contributed by atoms with Gasteiger partial charge in [0.15, 0.2) is 5.65 Å². The van der Waals surface area contributed by atoms with Crippen LogP contribution in [0.2, 0.25) is 0 Å². The van der Waals surface area contributed by atoms with Crippen LogP contribution in [-0.2, 0) is 17.8 Å². The van der Waals surface area contributed by atoms with Crippen LogP contribution in [0.4, 0.5) is 17.6 Å². The highest BCUT2D eigenvalue weighted by atomic mass is 19.4. The highest BCUT2D eigenvalue weighted by Gasteiger charge is 2.31. The normalized spacial score (nSPS) is 12.0. The molecule has 0 aliphatic heterocycles. The van der Waals surface area contributed by atoms with E-state index in [1.54, 1.807) is 24.3 Å². The number of alkyl halides is 3. The first-order chi connectivity index (χ1) is 19.1. The van der Waals surface area contributed by atoms with E-state index in [1.807, 2.05) is 12.1 Å². The summed E-state index contributed by atoms with van der Waals surface area (Å²) in [6, 6.07) is 15.5. The summed E-state index contributed by atoms with van der Waals surface area (Å²) in [5.41, 5.74) is 8.47. The molecule has 4 rings (SSSR count). The molecular weight excluding hydrogens is 530 g/mol. The zero-order valence-corrected chi connectivity index (χ0v) is 21.2. The molecule has 210 valence electrons. The van der Waals surface area contributed by atoms with E-state index in [-0.39, 0.29) is 23.8 Å². The van der Waals surface area contributed by atoms with Gasteiger partial charge in [0.1, 0.15) is 17.3 Å². The molecule has 0 fully saturated rings. The van der Waals surface area contributed by atoms with Crippen molar-refractivity contribution >= 4 is 16.9 Å². The van der Waals surface area contributed by atoms with E-state index < -0.39 is 12.3 Å². The second-order valence-corrected chi connectivity index (χ2v) is 8.96. The molecule has 13 heteroatoms. The predicted octanol–water partition coefficient (Wildman–Crippen LogP) is 4.28. The number of hydrazine groups is 1. The van der Waals surface area contributed by atoms with E-state index in [1.165, 1.54) is 29.4 Å². The minimum absolute atomic E-state index is 0.0543. The molecule has 0 atom stereocenters. The third-order valence-electron chi connectivity index (χ3n) is 5.84. The van der Waals surface area contributed by atoms with Gasteiger partial charge in [-0.05, 0) is 61.2 Å². The summed E-state index contributed by atoms with van der Waals surface area (Å²) in [6.07, 6.45) is -1.49. The molecule has 0 aliphatic carbocycles. The van der Waals surface area contributed by atoms with Crippen LogP contribution < -0.4 is 21.6 Å². The third kappa shape index (κ3) is 7.93. The van der Waals surface area contributed by atoms with Crippen LogP contribution in [0.5, 0.6) is 5.75 Å². The Kier molecular flexibility index (Phi) is 8.84. The lowest BCUT2D eigenvalue weighted by molar-refractivity contribution is -0.274. The summed E-state index contributed by atoms with van der Waals surface area (Å²) in [7, 11) is 0. The average Bonchev–Trinajstić information content (AvgIpc) is 3.32. The van der Waals surface area contributed by atoms with Crippen molar-refractivity contribution in [1.82, 2.24) is 25.5 Å². The molecule has 2 aromatic carbocycles. The number of carbonyl (C=O) groups excluding carboxylic acids is 1. The third-order valence-corrected chi connectivity index (χ3v) is 5.84. The molecule has 0 saturated heterocycles. The van der Waals surface area contributed by atoms with Crippen LogP contribution in [0.25, 0.3) is 22.3 Å². The van der Waals surface area contributed by atoms with Gasteiger partial charge in [-0.15, -0.1) is 18.3 Å². The molecule has 2 aromatic heterocycles. The molecule has 0 aliphatic rings. The van der Waals surface area contributed by atoms with Gasteiger partial charge >= 0.3 is 6.36 Å².